The van der Waals surface area contributed by atoms with E-state index in [-0.39, 0.29) is 17.8 Å². The van der Waals surface area contributed by atoms with Gasteiger partial charge in [-0.05, 0) is 44.4 Å². The number of thioether (sulfide) groups is 1. The van der Waals surface area contributed by atoms with Crippen LogP contribution < -0.4 is 5.32 Å². The fraction of sp³-hybridized carbons (Fsp3) is 0.409. The minimum atomic E-state index is -0.0974. The standard InChI is InChI=1S/C22H26ClN5O2S/c1-15-16(2)27(13-19-7-4-10-30-19)22(25-15)31-14-21(29)26-20-8-9-24-28(20)12-17-5-3-6-18(23)11-17/h3,5-6,8-9,11,19H,4,7,10,12-14H2,1-2H3,(H,26,29). The van der Waals surface area contributed by atoms with Gasteiger partial charge >= 0.3 is 0 Å². The van der Waals surface area contributed by atoms with Crippen LogP contribution in [0.5, 0.6) is 0 Å². The van der Waals surface area contributed by atoms with Crippen molar-refractivity contribution in [2.45, 2.75) is 51.0 Å². The van der Waals surface area contributed by atoms with Crippen molar-refractivity contribution in [3.05, 3.63) is 58.5 Å². The first kappa shape index (κ1) is 21.9. The molecule has 1 fully saturated rings. The van der Waals surface area contributed by atoms with Crippen LogP contribution in [0, 0.1) is 13.8 Å². The van der Waals surface area contributed by atoms with Gasteiger partial charge < -0.3 is 14.6 Å². The van der Waals surface area contributed by atoms with Crippen LogP contribution in [0.25, 0.3) is 0 Å². The molecule has 1 aromatic carbocycles. The van der Waals surface area contributed by atoms with Crippen molar-refractivity contribution in [3.8, 4) is 0 Å². The lowest BCUT2D eigenvalue weighted by Crippen LogP contribution is -2.19. The monoisotopic (exact) mass is 459 g/mol. The molecule has 1 unspecified atom stereocenters. The Morgan fingerprint density at radius 3 is 3.00 bits per heavy atom. The summed E-state index contributed by atoms with van der Waals surface area (Å²) in [7, 11) is 0. The number of benzene rings is 1. The first-order chi connectivity index (χ1) is 15.0. The summed E-state index contributed by atoms with van der Waals surface area (Å²) >= 11 is 7.51. The van der Waals surface area contributed by atoms with Gasteiger partial charge in [-0.25, -0.2) is 9.67 Å². The van der Waals surface area contributed by atoms with E-state index in [9.17, 15) is 4.79 Å². The number of anilines is 1. The number of ether oxygens (including phenoxy) is 1. The molecule has 0 aliphatic carbocycles. The molecule has 1 aliphatic heterocycles. The van der Waals surface area contributed by atoms with Crippen molar-refractivity contribution in [2.75, 3.05) is 17.7 Å². The number of hydrogen-bond donors (Lipinski definition) is 1. The molecule has 7 nitrogen and oxygen atoms in total. The summed E-state index contributed by atoms with van der Waals surface area (Å²) < 4.78 is 9.71. The topological polar surface area (TPSA) is 74.0 Å². The number of halogens is 1. The second-order valence-corrected chi connectivity index (χ2v) is 9.03. The number of amides is 1. The van der Waals surface area contributed by atoms with Gasteiger partial charge in [0.15, 0.2) is 5.16 Å². The highest BCUT2D eigenvalue weighted by Gasteiger charge is 2.21. The van der Waals surface area contributed by atoms with Crippen LogP contribution in [0.2, 0.25) is 5.02 Å². The van der Waals surface area contributed by atoms with Gasteiger partial charge in [0.05, 0.1) is 36.8 Å². The van der Waals surface area contributed by atoms with Gasteiger partial charge in [0.25, 0.3) is 0 Å². The summed E-state index contributed by atoms with van der Waals surface area (Å²) in [4.78, 5) is 17.3. The molecule has 1 aliphatic rings. The Labute approximate surface area is 191 Å². The van der Waals surface area contributed by atoms with Gasteiger partial charge in [0.1, 0.15) is 5.82 Å². The number of hydrogen-bond acceptors (Lipinski definition) is 5. The molecule has 3 heterocycles. The van der Waals surface area contributed by atoms with Crippen molar-refractivity contribution in [1.82, 2.24) is 19.3 Å². The maximum atomic E-state index is 12.6. The van der Waals surface area contributed by atoms with Crippen LogP contribution in [0.3, 0.4) is 0 Å². The van der Waals surface area contributed by atoms with Crippen molar-refractivity contribution in [1.29, 1.82) is 0 Å². The summed E-state index contributed by atoms with van der Waals surface area (Å²) in [5.74, 6) is 0.824. The highest BCUT2D eigenvalue weighted by molar-refractivity contribution is 7.99. The lowest BCUT2D eigenvalue weighted by atomic mass is 10.2. The number of aromatic nitrogens is 4. The van der Waals surface area contributed by atoms with Crippen molar-refractivity contribution < 1.29 is 9.53 Å². The molecule has 3 aromatic rings. The molecule has 0 radical (unpaired) electrons. The van der Waals surface area contributed by atoms with Gasteiger partial charge in [-0.1, -0.05) is 35.5 Å². The number of carbonyl (C=O) groups is 1. The Morgan fingerprint density at radius 2 is 2.23 bits per heavy atom. The molecule has 2 aromatic heterocycles. The predicted octanol–water partition coefficient (Wildman–Crippen LogP) is 4.31. The number of nitrogens with one attached hydrogen (secondary N) is 1. The Balaban J connectivity index is 1.37. The third kappa shape index (κ3) is 5.50. The molecule has 1 N–H and O–H groups in total. The summed E-state index contributed by atoms with van der Waals surface area (Å²) in [5.41, 5.74) is 3.13. The summed E-state index contributed by atoms with van der Waals surface area (Å²) in [5, 5.41) is 8.81. The quantitative estimate of drug-likeness (QED) is 0.508. The minimum Gasteiger partial charge on any atom is -0.376 e. The summed E-state index contributed by atoms with van der Waals surface area (Å²) in [6.45, 7) is 6.20. The highest BCUT2D eigenvalue weighted by atomic mass is 35.5. The Bertz CT molecular complexity index is 1060. The third-order valence-electron chi connectivity index (χ3n) is 5.37. The fourth-order valence-electron chi connectivity index (χ4n) is 3.62. The lowest BCUT2D eigenvalue weighted by molar-refractivity contribution is -0.113. The van der Waals surface area contributed by atoms with E-state index >= 15 is 0 Å². The molecule has 1 saturated heterocycles. The van der Waals surface area contributed by atoms with E-state index in [1.807, 2.05) is 31.2 Å². The molecule has 0 spiro atoms. The lowest BCUT2D eigenvalue weighted by Gasteiger charge is -2.14. The molecule has 0 saturated carbocycles. The molecule has 0 bridgehead atoms. The van der Waals surface area contributed by atoms with E-state index < -0.39 is 0 Å². The number of rotatable bonds is 8. The van der Waals surface area contributed by atoms with Gasteiger partial charge in [-0.15, -0.1) is 0 Å². The molecule has 164 valence electrons. The van der Waals surface area contributed by atoms with E-state index in [4.69, 9.17) is 16.3 Å². The van der Waals surface area contributed by atoms with Crippen LogP contribution in [-0.2, 0) is 22.6 Å². The van der Waals surface area contributed by atoms with Crippen LogP contribution in [0.15, 0.2) is 41.7 Å². The zero-order valence-corrected chi connectivity index (χ0v) is 19.2. The number of imidazole rings is 1. The molecular formula is C22H26ClN5O2S. The minimum absolute atomic E-state index is 0.0974. The molecule has 9 heteroatoms. The first-order valence-corrected chi connectivity index (χ1v) is 11.7. The second-order valence-electron chi connectivity index (χ2n) is 7.65. The average molecular weight is 460 g/mol. The summed E-state index contributed by atoms with van der Waals surface area (Å²) in [6, 6.07) is 9.40. The second kappa shape index (κ2) is 9.89. The Kier molecular flexibility index (Phi) is 6.99. The van der Waals surface area contributed by atoms with E-state index in [1.54, 1.807) is 16.9 Å². The number of nitrogens with zero attached hydrogens (tertiary/aromatic N) is 4. The molecule has 4 rings (SSSR count). The molecule has 31 heavy (non-hydrogen) atoms. The smallest absolute Gasteiger partial charge is 0.235 e. The van der Waals surface area contributed by atoms with E-state index in [0.717, 1.165) is 48.1 Å². The van der Waals surface area contributed by atoms with Gasteiger partial charge in [0.2, 0.25) is 5.91 Å². The number of carbonyl (C=O) groups excluding carboxylic acids is 1. The summed E-state index contributed by atoms with van der Waals surface area (Å²) in [6.07, 6.45) is 4.07. The molecular weight excluding hydrogens is 434 g/mol. The van der Waals surface area contributed by atoms with Crippen molar-refractivity contribution in [3.63, 3.8) is 0 Å². The SMILES string of the molecule is Cc1nc(SCC(=O)Nc2ccnn2Cc2cccc(Cl)c2)n(CC2CCCO2)c1C. The van der Waals surface area contributed by atoms with Crippen LogP contribution >= 0.6 is 23.4 Å². The van der Waals surface area contributed by atoms with Crippen molar-refractivity contribution >= 4 is 35.1 Å². The fourth-order valence-corrected chi connectivity index (χ4v) is 4.74. The van der Waals surface area contributed by atoms with E-state index in [1.165, 1.54) is 11.8 Å². The first-order valence-electron chi connectivity index (χ1n) is 10.3. The third-order valence-corrected chi connectivity index (χ3v) is 6.58. The van der Waals surface area contributed by atoms with E-state index in [0.29, 0.717) is 17.4 Å². The van der Waals surface area contributed by atoms with Gasteiger partial charge in [0, 0.05) is 23.4 Å². The predicted molar refractivity (Wildman–Crippen MR) is 123 cm³/mol. The molecule has 1 atom stereocenters. The van der Waals surface area contributed by atoms with Crippen LogP contribution in [0.1, 0.15) is 29.8 Å². The molecule has 1 amide bonds. The van der Waals surface area contributed by atoms with Gasteiger partial charge in [-0.3, -0.25) is 4.79 Å². The zero-order chi connectivity index (χ0) is 21.8. The Morgan fingerprint density at radius 1 is 1.35 bits per heavy atom. The normalized spacial score (nSPS) is 16.0. The van der Waals surface area contributed by atoms with E-state index in [2.05, 4.69) is 26.9 Å². The average Bonchev–Trinajstić information content (AvgIpc) is 3.46. The van der Waals surface area contributed by atoms with Crippen LogP contribution in [0.4, 0.5) is 5.82 Å². The van der Waals surface area contributed by atoms with Crippen LogP contribution in [-0.4, -0.2) is 43.7 Å². The number of aryl methyl sites for hydroxylation is 1. The van der Waals surface area contributed by atoms with Gasteiger partial charge in [-0.2, -0.15) is 5.10 Å². The Hall–Kier alpha value is -2.29. The maximum Gasteiger partial charge on any atom is 0.235 e. The zero-order valence-electron chi connectivity index (χ0n) is 17.7. The maximum absolute atomic E-state index is 12.6. The largest absolute Gasteiger partial charge is 0.376 e. The highest BCUT2D eigenvalue weighted by Crippen LogP contribution is 2.24. The van der Waals surface area contributed by atoms with Crippen molar-refractivity contribution in [2.24, 2.45) is 0 Å².